The molecule has 2 aliphatic carbocycles. The van der Waals surface area contributed by atoms with Crippen LogP contribution in [0.2, 0.25) is 0 Å². The largest absolute Gasteiger partial charge is 0.360 e. The Hall–Kier alpha value is -1.08. The molecule has 3 rings (SSSR count). The minimum atomic E-state index is -0.425. The third-order valence-corrected chi connectivity index (χ3v) is 4.58. The summed E-state index contributed by atoms with van der Waals surface area (Å²) in [6, 6.07) is 2.10. The van der Waals surface area contributed by atoms with Crippen molar-refractivity contribution in [2.45, 2.75) is 31.8 Å². The number of ether oxygens (including phenoxy) is 1. The molecule has 2 bridgehead atoms. The summed E-state index contributed by atoms with van der Waals surface area (Å²) in [5.74, 6) is 1.93. The van der Waals surface area contributed by atoms with E-state index in [9.17, 15) is 4.79 Å². The Labute approximate surface area is 102 Å². The van der Waals surface area contributed by atoms with Gasteiger partial charge >= 0.3 is 0 Å². The van der Waals surface area contributed by atoms with Crippen molar-refractivity contribution in [1.82, 2.24) is 4.90 Å². The molecular weight excluding hydrogens is 216 g/mol. The Morgan fingerprint density at radius 3 is 2.88 bits per heavy atom. The molecular formula is C13H18N2O2. The molecule has 4 heteroatoms. The first-order chi connectivity index (χ1) is 8.28. The maximum Gasteiger partial charge on any atom is 0.226 e. The lowest BCUT2D eigenvalue weighted by Gasteiger charge is -2.33. The van der Waals surface area contributed by atoms with Crippen LogP contribution in [0.5, 0.6) is 0 Å². The van der Waals surface area contributed by atoms with Crippen LogP contribution in [-0.2, 0) is 9.53 Å². The maximum atomic E-state index is 12.4. The Kier molecular flexibility index (Phi) is 2.79. The molecule has 3 fully saturated rings. The number of carbonyl (C=O) groups is 1. The second-order valence-corrected chi connectivity index (χ2v) is 5.55. The Morgan fingerprint density at radius 1 is 1.35 bits per heavy atom. The van der Waals surface area contributed by atoms with E-state index in [-0.39, 0.29) is 11.8 Å². The Morgan fingerprint density at radius 2 is 2.24 bits per heavy atom. The van der Waals surface area contributed by atoms with Gasteiger partial charge in [0.15, 0.2) is 6.10 Å². The highest BCUT2D eigenvalue weighted by Crippen LogP contribution is 2.48. The van der Waals surface area contributed by atoms with Crippen molar-refractivity contribution >= 4 is 5.91 Å². The number of fused-ring (bicyclic) bond motifs is 2. The minimum absolute atomic E-state index is 0.242. The average Bonchev–Trinajstić information content (AvgIpc) is 3.00. The van der Waals surface area contributed by atoms with Gasteiger partial charge in [-0.15, -0.1) is 0 Å². The summed E-state index contributed by atoms with van der Waals surface area (Å²) >= 11 is 0. The molecule has 1 amide bonds. The van der Waals surface area contributed by atoms with Gasteiger partial charge < -0.3 is 9.64 Å². The molecule has 2 saturated carbocycles. The quantitative estimate of drug-likeness (QED) is 0.684. The number of amides is 1. The van der Waals surface area contributed by atoms with Crippen LogP contribution in [0.3, 0.4) is 0 Å². The number of nitriles is 1. The monoisotopic (exact) mass is 234 g/mol. The lowest BCUT2D eigenvalue weighted by atomic mass is 9.87. The van der Waals surface area contributed by atoms with E-state index in [0.717, 1.165) is 12.3 Å². The molecule has 1 heterocycles. The fraction of sp³-hybridized carbons (Fsp3) is 0.846. The molecule has 92 valence electrons. The highest BCUT2D eigenvalue weighted by molar-refractivity contribution is 5.79. The van der Waals surface area contributed by atoms with Crippen molar-refractivity contribution in [3.63, 3.8) is 0 Å². The summed E-state index contributed by atoms with van der Waals surface area (Å²) in [7, 11) is 0. The van der Waals surface area contributed by atoms with Gasteiger partial charge in [-0.2, -0.15) is 5.26 Å². The van der Waals surface area contributed by atoms with Crippen molar-refractivity contribution < 1.29 is 9.53 Å². The molecule has 0 N–H and O–H groups in total. The van der Waals surface area contributed by atoms with E-state index in [1.54, 1.807) is 0 Å². The van der Waals surface area contributed by atoms with Gasteiger partial charge in [-0.05, 0) is 31.1 Å². The van der Waals surface area contributed by atoms with Gasteiger partial charge in [0.25, 0.3) is 0 Å². The molecule has 0 radical (unpaired) electrons. The molecule has 3 aliphatic rings. The first-order valence-corrected chi connectivity index (χ1v) is 6.58. The van der Waals surface area contributed by atoms with E-state index in [0.29, 0.717) is 25.6 Å². The highest BCUT2D eigenvalue weighted by Gasteiger charge is 2.44. The fourth-order valence-corrected chi connectivity index (χ4v) is 3.71. The summed E-state index contributed by atoms with van der Waals surface area (Å²) in [5.41, 5.74) is 0. The van der Waals surface area contributed by atoms with Crippen LogP contribution >= 0.6 is 0 Å². The molecule has 17 heavy (non-hydrogen) atoms. The minimum Gasteiger partial charge on any atom is -0.360 e. The number of morpholine rings is 1. The summed E-state index contributed by atoms with van der Waals surface area (Å²) in [6.07, 6.45) is 4.46. The topological polar surface area (TPSA) is 53.3 Å². The number of nitrogens with zero attached hydrogens (tertiary/aromatic N) is 2. The van der Waals surface area contributed by atoms with Gasteiger partial charge in [0, 0.05) is 12.5 Å². The fourth-order valence-electron chi connectivity index (χ4n) is 3.71. The van der Waals surface area contributed by atoms with Gasteiger partial charge in [0.1, 0.15) is 0 Å². The smallest absolute Gasteiger partial charge is 0.226 e. The van der Waals surface area contributed by atoms with E-state index in [2.05, 4.69) is 6.07 Å². The molecule has 1 saturated heterocycles. The van der Waals surface area contributed by atoms with E-state index < -0.39 is 6.10 Å². The Bertz CT molecular complexity index is 363. The van der Waals surface area contributed by atoms with Crippen molar-refractivity contribution in [1.29, 1.82) is 5.26 Å². The zero-order chi connectivity index (χ0) is 11.8. The molecule has 4 nitrogen and oxygen atoms in total. The predicted octanol–water partition coefficient (Wildman–Crippen LogP) is 1.17. The van der Waals surface area contributed by atoms with Crippen LogP contribution in [0.4, 0.5) is 0 Å². The molecule has 0 aromatic rings. The average molecular weight is 234 g/mol. The zero-order valence-electron chi connectivity index (χ0n) is 9.97. The number of carbonyl (C=O) groups excluding carboxylic acids is 1. The Balaban J connectivity index is 1.64. The van der Waals surface area contributed by atoms with Crippen molar-refractivity contribution in [3.05, 3.63) is 0 Å². The van der Waals surface area contributed by atoms with E-state index in [1.165, 1.54) is 19.3 Å². The van der Waals surface area contributed by atoms with E-state index in [4.69, 9.17) is 10.00 Å². The predicted molar refractivity (Wildman–Crippen MR) is 60.9 cm³/mol. The second-order valence-electron chi connectivity index (χ2n) is 5.55. The molecule has 0 spiro atoms. The van der Waals surface area contributed by atoms with Crippen LogP contribution < -0.4 is 0 Å². The van der Waals surface area contributed by atoms with Crippen LogP contribution in [0.25, 0.3) is 0 Å². The van der Waals surface area contributed by atoms with Gasteiger partial charge in [-0.25, -0.2) is 0 Å². The summed E-state index contributed by atoms with van der Waals surface area (Å²) in [6.45, 7) is 1.62. The number of rotatable bonds is 1. The normalized spacial score (nSPS) is 40.3. The van der Waals surface area contributed by atoms with Gasteiger partial charge in [0.2, 0.25) is 5.91 Å². The van der Waals surface area contributed by atoms with Crippen molar-refractivity contribution in [2.24, 2.45) is 17.8 Å². The van der Waals surface area contributed by atoms with Crippen LogP contribution in [0.1, 0.15) is 25.7 Å². The third-order valence-electron chi connectivity index (χ3n) is 4.58. The first-order valence-electron chi connectivity index (χ1n) is 6.58. The van der Waals surface area contributed by atoms with E-state index >= 15 is 0 Å². The molecule has 0 aromatic heterocycles. The van der Waals surface area contributed by atoms with Gasteiger partial charge in [-0.1, -0.05) is 6.42 Å². The summed E-state index contributed by atoms with van der Waals surface area (Å²) in [4.78, 5) is 14.3. The molecule has 4 atom stereocenters. The standard InChI is InChI=1S/C13H18N2O2/c14-7-11-8-15(3-4-17-11)13(16)12-6-9-1-2-10(12)5-9/h9-12H,1-6,8H2. The van der Waals surface area contributed by atoms with Crippen LogP contribution in [0, 0.1) is 29.1 Å². The van der Waals surface area contributed by atoms with Gasteiger partial charge in [-0.3, -0.25) is 4.79 Å². The number of hydrogen-bond donors (Lipinski definition) is 0. The third kappa shape index (κ3) is 1.93. The van der Waals surface area contributed by atoms with Crippen molar-refractivity contribution in [3.8, 4) is 6.07 Å². The van der Waals surface area contributed by atoms with Gasteiger partial charge in [0.05, 0.1) is 19.2 Å². The summed E-state index contributed by atoms with van der Waals surface area (Å²) < 4.78 is 5.28. The number of hydrogen-bond acceptors (Lipinski definition) is 3. The summed E-state index contributed by atoms with van der Waals surface area (Å²) in [5, 5.41) is 8.85. The highest BCUT2D eigenvalue weighted by atomic mass is 16.5. The molecule has 4 unspecified atom stereocenters. The SMILES string of the molecule is N#CC1CN(C(=O)C2CC3CCC2C3)CCO1. The second kappa shape index (κ2) is 4.30. The molecule has 0 aromatic carbocycles. The maximum absolute atomic E-state index is 12.4. The lowest BCUT2D eigenvalue weighted by Crippen LogP contribution is -2.48. The van der Waals surface area contributed by atoms with E-state index in [1.807, 2.05) is 4.90 Å². The van der Waals surface area contributed by atoms with Crippen LogP contribution in [-0.4, -0.2) is 36.6 Å². The first kappa shape index (κ1) is 11.0. The zero-order valence-corrected chi connectivity index (χ0v) is 9.97. The lowest BCUT2D eigenvalue weighted by molar-refractivity contribution is -0.143. The van der Waals surface area contributed by atoms with Crippen molar-refractivity contribution in [2.75, 3.05) is 19.7 Å². The molecule has 1 aliphatic heterocycles. The van der Waals surface area contributed by atoms with Crippen LogP contribution in [0.15, 0.2) is 0 Å².